The van der Waals surface area contributed by atoms with Crippen LogP contribution in [-0.2, 0) is 0 Å². The lowest BCUT2D eigenvalue weighted by molar-refractivity contribution is 0.152. The van der Waals surface area contributed by atoms with Crippen LogP contribution < -0.4 is 0 Å². The molecule has 3 heteroatoms. The van der Waals surface area contributed by atoms with Crippen LogP contribution in [0.25, 0.3) is 0 Å². The number of thiol groups is 1. The van der Waals surface area contributed by atoms with Gasteiger partial charge in [0.05, 0.1) is 0 Å². The predicted octanol–water partition coefficient (Wildman–Crippen LogP) is 2.81. The Labute approximate surface area is 96.4 Å². The molecule has 0 bridgehead atoms. The van der Waals surface area contributed by atoms with E-state index in [4.69, 9.17) is 0 Å². The maximum absolute atomic E-state index is 4.65. The molecule has 1 fully saturated rings. The van der Waals surface area contributed by atoms with Gasteiger partial charge in [0, 0.05) is 23.2 Å². The predicted molar refractivity (Wildman–Crippen MR) is 73.0 cm³/mol. The standard InChI is InChI=1S/C11H25NS2/c1-10(13)14(5)8-6-12(7-9-14)11(2,3)4/h10,13H,6-9H2,1-5H3. The van der Waals surface area contributed by atoms with Crippen LogP contribution in [0.5, 0.6) is 0 Å². The summed E-state index contributed by atoms with van der Waals surface area (Å²) in [6.07, 6.45) is 2.46. The van der Waals surface area contributed by atoms with Gasteiger partial charge < -0.3 is 0 Å². The summed E-state index contributed by atoms with van der Waals surface area (Å²) in [5.41, 5.74) is 0.348. The minimum absolute atomic E-state index is 0.348. The molecule has 1 aliphatic heterocycles. The van der Waals surface area contributed by atoms with E-state index < -0.39 is 10.0 Å². The van der Waals surface area contributed by atoms with Crippen molar-refractivity contribution >= 4 is 22.7 Å². The van der Waals surface area contributed by atoms with Crippen molar-refractivity contribution in [2.45, 2.75) is 37.8 Å². The molecule has 0 aromatic rings. The molecule has 0 radical (unpaired) electrons. The molecule has 86 valence electrons. The van der Waals surface area contributed by atoms with Crippen LogP contribution in [0.15, 0.2) is 0 Å². The normalized spacial score (nSPS) is 28.4. The minimum atomic E-state index is -0.427. The van der Waals surface area contributed by atoms with Gasteiger partial charge in [-0.15, -0.1) is 0 Å². The molecular weight excluding hydrogens is 210 g/mol. The molecule has 1 nitrogen and oxygen atoms in total. The maximum atomic E-state index is 4.65. The van der Waals surface area contributed by atoms with E-state index in [1.165, 1.54) is 24.6 Å². The van der Waals surface area contributed by atoms with Crippen LogP contribution in [0.3, 0.4) is 0 Å². The van der Waals surface area contributed by atoms with E-state index >= 15 is 0 Å². The first-order valence-corrected chi connectivity index (χ1v) is 8.37. The lowest BCUT2D eigenvalue weighted by Gasteiger charge is -2.50. The molecule has 14 heavy (non-hydrogen) atoms. The second-order valence-corrected chi connectivity index (χ2v) is 10.9. The van der Waals surface area contributed by atoms with Crippen LogP contribution in [-0.4, -0.2) is 45.9 Å². The molecule has 0 N–H and O–H groups in total. The largest absolute Gasteiger partial charge is 0.297 e. The van der Waals surface area contributed by atoms with Crippen LogP contribution in [0.4, 0.5) is 0 Å². The van der Waals surface area contributed by atoms with Crippen LogP contribution in [0, 0.1) is 0 Å². The van der Waals surface area contributed by atoms with E-state index in [1.54, 1.807) is 0 Å². The average Bonchev–Trinajstić information content (AvgIpc) is 2.03. The van der Waals surface area contributed by atoms with Gasteiger partial charge in [-0.2, -0.15) is 12.6 Å². The van der Waals surface area contributed by atoms with Gasteiger partial charge in [-0.1, -0.05) is 0 Å². The summed E-state index contributed by atoms with van der Waals surface area (Å²) in [5, 5.41) is 0. The lowest BCUT2D eigenvalue weighted by atomic mass is 10.1. The maximum Gasteiger partial charge on any atom is 0.0288 e. The lowest BCUT2D eigenvalue weighted by Crippen LogP contribution is -2.49. The van der Waals surface area contributed by atoms with E-state index in [1.807, 2.05) is 0 Å². The topological polar surface area (TPSA) is 3.24 Å². The van der Waals surface area contributed by atoms with E-state index in [0.717, 1.165) is 0 Å². The Hall–Kier alpha value is 0.660. The van der Waals surface area contributed by atoms with E-state index in [0.29, 0.717) is 10.1 Å². The molecule has 1 rings (SSSR count). The van der Waals surface area contributed by atoms with Crippen molar-refractivity contribution in [1.82, 2.24) is 4.90 Å². The molecule has 1 atom stereocenters. The zero-order chi connectivity index (χ0) is 11.0. The number of hydrogen-bond donors (Lipinski definition) is 1. The van der Waals surface area contributed by atoms with Gasteiger partial charge in [-0.25, -0.2) is 10.0 Å². The summed E-state index contributed by atoms with van der Waals surface area (Å²) >= 11 is 4.65. The molecule has 1 saturated heterocycles. The van der Waals surface area contributed by atoms with Gasteiger partial charge in [0.25, 0.3) is 0 Å². The van der Waals surface area contributed by atoms with Crippen molar-refractivity contribution in [3.05, 3.63) is 0 Å². The zero-order valence-corrected chi connectivity index (χ0v) is 11.9. The first-order valence-electron chi connectivity index (χ1n) is 5.41. The smallest absolute Gasteiger partial charge is 0.0288 e. The Bertz CT molecular complexity index is 188. The van der Waals surface area contributed by atoms with E-state index in [9.17, 15) is 0 Å². The summed E-state index contributed by atoms with van der Waals surface area (Å²) in [6, 6.07) is 0. The summed E-state index contributed by atoms with van der Waals surface area (Å²) in [5.74, 6) is 2.74. The molecule has 0 spiro atoms. The van der Waals surface area contributed by atoms with Gasteiger partial charge in [0.1, 0.15) is 0 Å². The number of hydrogen-bond acceptors (Lipinski definition) is 2. The molecule has 1 aliphatic rings. The van der Waals surface area contributed by atoms with Crippen molar-refractivity contribution in [3.63, 3.8) is 0 Å². The van der Waals surface area contributed by atoms with Crippen molar-refractivity contribution in [2.24, 2.45) is 0 Å². The SMILES string of the molecule is CC(S)S1(C)CCN(C(C)(C)C)CC1. The van der Waals surface area contributed by atoms with Gasteiger partial charge in [-0.3, -0.25) is 4.90 Å². The summed E-state index contributed by atoms with van der Waals surface area (Å²) < 4.78 is 0.601. The quantitative estimate of drug-likeness (QED) is 0.684. The Morgan fingerprint density at radius 2 is 1.64 bits per heavy atom. The van der Waals surface area contributed by atoms with Gasteiger partial charge in [0.15, 0.2) is 0 Å². The average molecular weight is 235 g/mol. The molecule has 0 amide bonds. The van der Waals surface area contributed by atoms with Gasteiger partial charge in [0.2, 0.25) is 0 Å². The molecular formula is C11H25NS2. The van der Waals surface area contributed by atoms with Crippen molar-refractivity contribution < 1.29 is 0 Å². The van der Waals surface area contributed by atoms with Crippen molar-refractivity contribution in [3.8, 4) is 0 Å². The third-order valence-electron chi connectivity index (χ3n) is 3.43. The third-order valence-corrected chi connectivity index (χ3v) is 8.83. The molecule has 1 unspecified atom stereocenters. The molecule has 0 saturated carbocycles. The van der Waals surface area contributed by atoms with Gasteiger partial charge in [-0.05, 0) is 45.5 Å². The minimum Gasteiger partial charge on any atom is -0.297 e. The fourth-order valence-electron chi connectivity index (χ4n) is 1.86. The second-order valence-electron chi connectivity index (χ2n) is 5.52. The van der Waals surface area contributed by atoms with Crippen LogP contribution in [0.2, 0.25) is 0 Å². The zero-order valence-electron chi connectivity index (χ0n) is 10.2. The highest BCUT2D eigenvalue weighted by atomic mass is 32.3. The Kier molecular flexibility index (Phi) is 3.88. The molecule has 0 aromatic carbocycles. The van der Waals surface area contributed by atoms with Crippen molar-refractivity contribution in [1.29, 1.82) is 0 Å². The third kappa shape index (κ3) is 2.83. The monoisotopic (exact) mass is 235 g/mol. The summed E-state index contributed by atoms with van der Waals surface area (Å²) in [6.45, 7) is 11.7. The van der Waals surface area contributed by atoms with Crippen LogP contribution in [0.1, 0.15) is 27.7 Å². The molecule has 0 aromatic heterocycles. The summed E-state index contributed by atoms with van der Waals surface area (Å²) in [4.78, 5) is 2.61. The van der Waals surface area contributed by atoms with E-state index in [2.05, 4.69) is 51.5 Å². The fourth-order valence-corrected chi connectivity index (χ4v) is 4.66. The van der Waals surface area contributed by atoms with Gasteiger partial charge >= 0.3 is 0 Å². The van der Waals surface area contributed by atoms with Crippen LogP contribution >= 0.6 is 22.7 Å². The summed E-state index contributed by atoms with van der Waals surface area (Å²) in [7, 11) is -0.427. The highest BCUT2D eigenvalue weighted by molar-refractivity contribution is 8.38. The highest BCUT2D eigenvalue weighted by Crippen LogP contribution is 2.52. The second kappa shape index (κ2) is 4.26. The molecule has 0 aliphatic carbocycles. The number of rotatable bonds is 1. The Morgan fingerprint density at radius 1 is 1.21 bits per heavy atom. The highest BCUT2D eigenvalue weighted by Gasteiger charge is 2.32. The molecule has 1 heterocycles. The first-order chi connectivity index (χ1) is 6.26. The fraction of sp³-hybridized carbons (Fsp3) is 1.00. The first kappa shape index (κ1) is 12.7. The number of nitrogens with zero attached hydrogens (tertiary/aromatic N) is 1. The Balaban J connectivity index is 2.54. The van der Waals surface area contributed by atoms with Crippen molar-refractivity contribution in [2.75, 3.05) is 30.9 Å². The van der Waals surface area contributed by atoms with E-state index in [-0.39, 0.29) is 0 Å². The Morgan fingerprint density at radius 3 is 1.93 bits per heavy atom.